The number of rotatable bonds is 12. The molecule has 0 bridgehead atoms. The molecule has 2 rings (SSSR count). The van der Waals surface area contributed by atoms with E-state index in [2.05, 4.69) is 5.32 Å². The molecule has 12 heteroatoms. The lowest BCUT2D eigenvalue weighted by Gasteiger charge is -2.33. The van der Waals surface area contributed by atoms with Crippen molar-refractivity contribution >= 4 is 39.1 Å². The van der Waals surface area contributed by atoms with Gasteiger partial charge in [0.2, 0.25) is 21.8 Å². The van der Waals surface area contributed by atoms with Crippen LogP contribution in [-0.2, 0) is 32.2 Å². The molecule has 0 radical (unpaired) electrons. The van der Waals surface area contributed by atoms with Gasteiger partial charge in [-0.2, -0.15) is 13.2 Å². The van der Waals surface area contributed by atoms with E-state index in [-0.39, 0.29) is 24.6 Å². The van der Waals surface area contributed by atoms with Gasteiger partial charge >= 0.3 is 6.18 Å². The normalized spacial score (nSPS) is 12.6. The van der Waals surface area contributed by atoms with Crippen LogP contribution in [0.15, 0.2) is 48.5 Å². The average molecular weight is 562 g/mol. The van der Waals surface area contributed by atoms with Crippen LogP contribution in [0.2, 0.25) is 5.02 Å². The third-order valence-corrected chi connectivity index (χ3v) is 7.11. The molecule has 37 heavy (non-hydrogen) atoms. The first-order valence-electron chi connectivity index (χ1n) is 11.7. The van der Waals surface area contributed by atoms with Gasteiger partial charge in [-0.25, -0.2) is 8.42 Å². The van der Waals surface area contributed by atoms with Crippen LogP contribution >= 0.6 is 11.6 Å². The van der Waals surface area contributed by atoms with E-state index in [4.69, 9.17) is 11.6 Å². The number of carbonyl (C=O) groups is 2. The molecule has 0 spiro atoms. The quantitative estimate of drug-likeness (QED) is 0.413. The van der Waals surface area contributed by atoms with Crippen molar-refractivity contribution in [2.24, 2.45) is 0 Å². The standard InChI is InChI=1S/C25H31ClF3N3O4S/c1-4-14-30-24(34)22(5-2)31(15-13-18-9-7-6-8-10-18)23(33)17-32(37(3,35)36)19-11-12-21(26)20(16-19)25(27,28)29/h6-12,16,22H,4-5,13-15,17H2,1-3H3,(H,30,34)/t22-/m0/s1. The lowest BCUT2D eigenvalue weighted by molar-refractivity contribution is -0.139. The Morgan fingerprint density at radius 1 is 1.08 bits per heavy atom. The van der Waals surface area contributed by atoms with Crippen LogP contribution in [0.1, 0.15) is 37.8 Å². The van der Waals surface area contributed by atoms with Crippen molar-refractivity contribution in [3.63, 3.8) is 0 Å². The number of carbonyl (C=O) groups excluding carboxylic acids is 2. The summed E-state index contributed by atoms with van der Waals surface area (Å²) in [6, 6.07) is 11.0. The van der Waals surface area contributed by atoms with E-state index < -0.39 is 45.3 Å². The summed E-state index contributed by atoms with van der Waals surface area (Å²) in [5.41, 5.74) is -0.685. The highest BCUT2D eigenvalue weighted by Crippen LogP contribution is 2.37. The molecule has 7 nitrogen and oxygen atoms in total. The molecule has 0 aromatic heterocycles. The van der Waals surface area contributed by atoms with Crippen LogP contribution in [0, 0.1) is 0 Å². The Kier molecular flexibility index (Phi) is 10.8. The number of nitrogens with one attached hydrogen (secondary N) is 1. The Balaban J connectivity index is 2.44. The molecule has 0 aliphatic heterocycles. The monoisotopic (exact) mass is 561 g/mol. The van der Waals surface area contributed by atoms with E-state index in [1.807, 2.05) is 37.3 Å². The molecule has 1 N–H and O–H groups in total. The maximum Gasteiger partial charge on any atom is 0.417 e. The SMILES string of the molecule is CCCNC(=O)[C@H](CC)N(CCc1ccccc1)C(=O)CN(c1ccc(Cl)c(C(F)(F)F)c1)S(C)(=O)=O. The summed E-state index contributed by atoms with van der Waals surface area (Å²) in [5, 5.41) is 2.16. The Hall–Kier alpha value is -2.79. The van der Waals surface area contributed by atoms with E-state index in [9.17, 15) is 31.2 Å². The summed E-state index contributed by atoms with van der Waals surface area (Å²) >= 11 is 5.68. The summed E-state index contributed by atoms with van der Waals surface area (Å²) in [7, 11) is -4.18. The predicted octanol–water partition coefficient (Wildman–Crippen LogP) is 4.50. The largest absolute Gasteiger partial charge is 0.417 e. The number of alkyl halides is 3. The summed E-state index contributed by atoms with van der Waals surface area (Å²) in [5.74, 6) is -1.11. The molecule has 204 valence electrons. The summed E-state index contributed by atoms with van der Waals surface area (Å²) in [6.45, 7) is 3.32. The maximum absolute atomic E-state index is 13.5. The van der Waals surface area contributed by atoms with Gasteiger partial charge in [-0.05, 0) is 43.0 Å². The molecule has 0 saturated carbocycles. The van der Waals surface area contributed by atoms with E-state index in [0.29, 0.717) is 29.8 Å². The van der Waals surface area contributed by atoms with Crippen LogP contribution in [0.5, 0.6) is 0 Å². The van der Waals surface area contributed by atoms with Crippen LogP contribution < -0.4 is 9.62 Å². The molecule has 1 atom stereocenters. The zero-order valence-electron chi connectivity index (χ0n) is 20.9. The van der Waals surface area contributed by atoms with Crippen LogP contribution in [0.4, 0.5) is 18.9 Å². The maximum atomic E-state index is 13.5. The third-order valence-electron chi connectivity index (χ3n) is 5.64. The second-order valence-electron chi connectivity index (χ2n) is 8.47. The lowest BCUT2D eigenvalue weighted by atomic mass is 10.1. The van der Waals surface area contributed by atoms with E-state index in [1.165, 1.54) is 4.90 Å². The topological polar surface area (TPSA) is 86.8 Å². The highest BCUT2D eigenvalue weighted by molar-refractivity contribution is 7.92. The minimum absolute atomic E-state index is 0.104. The third kappa shape index (κ3) is 8.63. The average Bonchev–Trinajstić information content (AvgIpc) is 2.83. The van der Waals surface area contributed by atoms with Crippen molar-refractivity contribution < 1.29 is 31.2 Å². The highest BCUT2D eigenvalue weighted by atomic mass is 35.5. The molecule has 2 amide bonds. The van der Waals surface area contributed by atoms with E-state index in [0.717, 1.165) is 24.0 Å². The first-order chi connectivity index (χ1) is 17.3. The Morgan fingerprint density at radius 2 is 1.73 bits per heavy atom. The number of nitrogens with zero attached hydrogens (tertiary/aromatic N) is 2. The van der Waals surface area contributed by atoms with Gasteiger partial charge in [0, 0.05) is 13.1 Å². The Bertz CT molecular complexity index is 1180. The zero-order valence-corrected chi connectivity index (χ0v) is 22.5. The number of hydrogen-bond donors (Lipinski definition) is 1. The van der Waals surface area contributed by atoms with Crippen LogP contribution in [0.25, 0.3) is 0 Å². The predicted molar refractivity (Wildman–Crippen MR) is 138 cm³/mol. The second-order valence-corrected chi connectivity index (χ2v) is 10.8. The second kappa shape index (κ2) is 13.1. The van der Waals surface area contributed by atoms with Crippen LogP contribution in [-0.4, -0.2) is 57.1 Å². The van der Waals surface area contributed by atoms with Gasteiger partial charge < -0.3 is 10.2 Å². The van der Waals surface area contributed by atoms with Crippen molar-refractivity contribution in [1.82, 2.24) is 10.2 Å². The first-order valence-corrected chi connectivity index (χ1v) is 14.0. The number of benzene rings is 2. The van der Waals surface area contributed by atoms with Gasteiger partial charge in [0.1, 0.15) is 12.6 Å². The van der Waals surface area contributed by atoms with Crippen molar-refractivity contribution in [3.8, 4) is 0 Å². The fraction of sp³-hybridized carbons (Fsp3) is 0.440. The number of sulfonamides is 1. The Labute approximate surface area is 220 Å². The van der Waals surface area contributed by atoms with Crippen molar-refractivity contribution in [2.45, 2.75) is 45.3 Å². The minimum atomic E-state index is -4.83. The molecular weight excluding hydrogens is 531 g/mol. The van der Waals surface area contributed by atoms with Gasteiger partial charge in [-0.1, -0.05) is 55.8 Å². The van der Waals surface area contributed by atoms with Crippen molar-refractivity contribution in [1.29, 1.82) is 0 Å². The molecule has 0 heterocycles. The number of halogens is 4. The highest BCUT2D eigenvalue weighted by Gasteiger charge is 2.36. The van der Waals surface area contributed by atoms with Gasteiger partial charge in [-0.15, -0.1) is 0 Å². The molecule has 0 aliphatic carbocycles. The minimum Gasteiger partial charge on any atom is -0.354 e. The zero-order chi connectivity index (χ0) is 27.8. The van der Waals surface area contributed by atoms with Gasteiger partial charge in [0.25, 0.3) is 0 Å². The number of hydrogen-bond acceptors (Lipinski definition) is 4. The first kappa shape index (κ1) is 30.4. The van der Waals surface area contributed by atoms with E-state index >= 15 is 0 Å². The summed E-state index contributed by atoms with van der Waals surface area (Å²) in [6.07, 6.45) is -2.70. The summed E-state index contributed by atoms with van der Waals surface area (Å²) < 4.78 is 66.0. The van der Waals surface area contributed by atoms with Crippen molar-refractivity contribution in [3.05, 3.63) is 64.7 Å². The summed E-state index contributed by atoms with van der Waals surface area (Å²) in [4.78, 5) is 27.7. The fourth-order valence-corrected chi connectivity index (χ4v) is 4.83. The molecule has 0 fully saturated rings. The van der Waals surface area contributed by atoms with Crippen molar-refractivity contribution in [2.75, 3.05) is 30.2 Å². The number of anilines is 1. The fourth-order valence-electron chi connectivity index (χ4n) is 3.76. The molecule has 2 aromatic carbocycles. The molecule has 0 aliphatic rings. The molecular formula is C25H31ClF3N3O4S. The van der Waals surface area contributed by atoms with Gasteiger partial charge in [-0.3, -0.25) is 13.9 Å². The van der Waals surface area contributed by atoms with Gasteiger partial charge in [0.05, 0.1) is 22.5 Å². The number of amides is 2. The molecule has 2 aromatic rings. The Morgan fingerprint density at radius 3 is 2.27 bits per heavy atom. The van der Waals surface area contributed by atoms with E-state index in [1.54, 1.807) is 6.92 Å². The molecule has 0 saturated heterocycles. The smallest absolute Gasteiger partial charge is 0.354 e. The molecule has 0 unspecified atom stereocenters. The lowest BCUT2D eigenvalue weighted by Crippen LogP contribution is -2.53. The van der Waals surface area contributed by atoms with Crippen LogP contribution in [0.3, 0.4) is 0 Å². The van der Waals surface area contributed by atoms with Gasteiger partial charge in [0.15, 0.2) is 0 Å².